The van der Waals surface area contributed by atoms with E-state index in [0.29, 0.717) is 34.0 Å². The molecule has 1 atom stereocenters. The molecule has 3 aromatic heterocycles. The van der Waals surface area contributed by atoms with Crippen molar-refractivity contribution in [3.05, 3.63) is 24.0 Å². The fourth-order valence-electron chi connectivity index (χ4n) is 3.71. The predicted molar refractivity (Wildman–Crippen MR) is 123 cm³/mol. The van der Waals surface area contributed by atoms with Crippen molar-refractivity contribution in [1.29, 1.82) is 0 Å². The Bertz CT molecular complexity index is 1310. The standard InChI is InChI=1S/C21H22FN7O2S/c1-10-6-7-24-8-9-25-18-13-17(28-21(29-18)30-2)14(22)16(26-19(13)31-10)11-4-3-5-12-15(11)27-20(23)32-12/h3-5,10,24H,6-9H2,1-2H3,(H2,23,27)(H,25,28,29). The zero-order valence-electron chi connectivity index (χ0n) is 17.6. The number of methoxy groups -OCH3 is 1. The second-order valence-corrected chi connectivity index (χ2v) is 8.52. The minimum absolute atomic E-state index is 0.0500. The molecule has 0 amide bonds. The predicted octanol–water partition coefficient (Wildman–Crippen LogP) is 3.20. The fourth-order valence-corrected chi connectivity index (χ4v) is 4.47. The Morgan fingerprint density at radius 1 is 1.16 bits per heavy atom. The van der Waals surface area contributed by atoms with Crippen LogP contribution < -0.4 is 25.8 Å². The second kappa shape index (κ2) is 8.32. The maximum Gasteiger partial charge on any atom is 0.318 e. The zero-order chi connectivity index (χ0) is 22.2. The van der Waals surface area contributed by atoms with Crippen molar-refractivity contribution < 1.29 is 13.9 Å². The van der Waals surface area contributed by atoms with Gasteiger partial charge in [-0.2, -0.15) is 9.97 Å². The van der Waals surface area contributed by atoms with Gasteiger partial charge >= 0.3 is 6.01 Å². The van der Waals surface area contributed by atoms with Crippen LogP contribution in [0.1, 0.15) is 13.3 Å². The van der Waals surface area contributed by atoms with Crippen LogP contribution in [0, 0.1) is 5.82 Å². The van der Waals surface area contributed by atoms with Crippen molar-refractivity contribution in [2.75, 3.05) is 37.8 Å². The molecule has 166 valence electrons. The molecule has 0 spiro atoms. The van der Waals surface area contributed by atoms with Crippen LogP contribution in [0.4, 0.5) is 15.3 Å². The van der Waals surface area contributed by atoms with Crippen molar-refractivity contribution in [2.45, 2.75) is 19.4 Å². The molecule has 5 rings (SSSR count). The third-order valence-corrected chi connectivity index (χ3v) is 6.09. The molecule has 1 aliphatic heterocycles. The number of ether oxygens (including phenoxy) is 2. The Morgan fingerprint density at radius 3 is 2.88 bits per heavy atom. The molecule has 9 nitrogen and oxygen atoms in total. The van der Waals surface area contributed by atoms with Gasteiger partial charge in [-0.1, -0.05) is 23.5 Å². The summed E-state index contributed by atoms with van der Waals surface area (Å²) in [5.74, 6) is 0.0683. The summed E-state index contributed by atoms with van der Waals surface area (Å²) < 4.78 is 28.2. The Hall–Kier alpha value is -3.31. The number of nitrogens with two attached hydrogens (primary N) is 1. The normalized spacial score (nSPS) is 16.9. The number of rotatable bonds is 2. The Kier molecular flexibility index (Phi) is 5.35. The van der Waals surface area contributed by atoms with Crippen molar-refractivity contribution in [3.63, 3.8) is 0 Å². The first-order valence-corrected chi connectivity index (χ1v) is 11.1. The summed E-state index contributed by atoms with van der Waals surface area (Å²) in [6, 6.07) is 5.53. The number of fused-ring (bicyclic) bond motifs is 1. The van der Waals surface area contributed by atoms with Gasteiger partial charge in [-0.05, 0) is 26.0 Å². The summed E-state index contributed by atoms with van der Waals surface area (Å²) in [4.78, 5) is 17.7. The molecule has 0 radical (unpaired) electrons. The number of anilines is 2. The number of nitrogens with one attached hydrogen (secondary N) is 2. The highest BCUT2D eigenvalue weighted by Gasteiger charge is 2.25. The molecule has 4 heterocycles. The van der Waals surface area contributed by atoms with E-state index in [-0.39, 0.29) is 29.2 Å². The molecule has 1 aromatic carbocycles. The van der Waals surface area contributed by atoms with Crippen molar-refractivity contribution in [2.24, 2.45) is 0 Å². The lowest BCUT2D eigenvalue weighted by Gasteiger charge is -2.18. The third kappa shape index (κ3) is 3.63. The second-order valence-electron chi connectivity index (χ2n) is 7.46. The number of aromatic nitrogens is 4. The first kappa shape index (κ1) is 20.6. The van der Waals surface area contributed by atoms with E-state index in [2.05, 4.69) is 30.6 Å². The summed E-state index contributed by atoms with van der Waals surface area (Å²) in [6.45, 7) is 4.04. The quantitative estimate of drug-likeness (QED) is 0.418. The largest absolute Gasteiger partial charge is 0.474 e. The highest BCUT2D eigenvalue weighted by Crippen LogP contribution is 2.39. The molecular formula is C21H22FN7O2S. The van der Waals surface area contributed by atoms with Crippen LogP contribution in [0.25, 0.3) is 32.4 Å². The fraction of sp³-hybridized carbons (Fsp3) is 0.333. The number of hydrogen-bond donors (Lipinski definition) is 3. The number of pyridine rings is 1. The zero-order valence-corrected chi connectivity index (χ0v) is 18.4. The molecule has 0 fully saturated rings. The number of halogens is 1. The van der Waals surface area contributed by atoms with Crippen LogP contribution >= 0.6 is 11.3 Å². The lowest BCUT2D eigenvalue weighted by molar-refractivity contribution is 0.205. The van der Waals surface area contributed by atoms with Crippen LogP contribution in [-0.2, 0) is 0 Å². The third-order valence-electron chi connectivity index (χ3n) is 5.24. The van der Waals surface area contributed by atoms with Gasteiger partial charge in [0.2, 0.25) is 5.88 Å². The molecule has 11 heteroatoms. The van der Waals surface area contributed by atoms with E-state index in [1.54, 1.807) is 6.07 Å². The van der Waals surface area contributed by atoms with Gasteiger partial charge in [-0.25, -0.2) is 14.4 Å². The smallest absolute Gasteiger partial charge is 0.318 e. The van der Waals surface area contributed by atoms with Gasteiger partial charge in [-0.15, -0.1) is 0 Å². The molecule has 0 aliphatic carbocycles. The van der Waals surface area contributed by atoms with E-state index in [1.807, 2.05) is 19.1 Å². The summed E-state index contributed by atoms with van der Waals surface area (Å²) in [5.41, 5.74) is 7.17. The topological polar surface area (TPSA) is 120 Å². The van der Waals surface area contributed by atoms with Gasteiger partial charge in [0, 0.05) is 18.7 Å². The average molecular weight is 456 g/mol. The summed E-state index contributed by atoms with van der Waals surface area (Å²) in [6.07, 6.45) is 0.607. The average Bonchev–Trinajstić information content (AvgIpc) is 3.16. The monoisotopic (exact) mass is 455 g/mol. The lowest BCUT2D eigenvalue weighted by atomic mass is 10.1. The van der Waals surface area contributed by atoms with Crippen LogP contribution in [0.3, 0.4) is 0 Å². The number of nitrogens with zero attached hydrogens (tertiary/aromatic N) is 4. The Labute approximate surface area is 187 Å². The van der Waals surface area contributed by atoms with E-state index in [4.69, 9.17) is 15.2 Å². The first-order valence-electron chi connectivity index (χ1n) is 10.3. The number of hydrogen-bond acceptors (Lipinski definition) is 10. The number of thiazole rings is 1. The van der Waals surface area contributed by atoms with E-state index < -0.39 is 5.82 Å². The molecule has 1 aliphatic rings. The molecule has 0 saturated carbocycles. The number of para-hydroxylation sites is 1. The molecule has 1 unspecified atom stereocenters. The van der Waals surface area contributed by atoms with Gasteiger partial charge in [0.05, 0.1) is 23.4 Å². The molecule has 4 N–H and O–H groups in total. The maximum absolute atomic E-state index is 16.0. The molecule has 0 bridgehead atoms. The van der Waals surface area contributed by atoms with Crippen LogP contribution in [-0.4, -0.2) is 52.8 Å². The molecule has 0 saturated heterocycles. The highest BCUT2D eigenvalue weighted by atomic mass is 32.1. The van der Waals surface area contributed by atoms with Gasteiger partial charge in [-0.3, -0.25) is 0 Å². The highest BCUT2D eigenvalue weighted by molar-refractivity contribution is 7.22. The molecule has 4 aromatic rings. The van der Waals surface area contributed by atoms with Gasteiger partial charge in [0.1, 0.15) is 22.4 Å². The van der Waals surface area contributed by atoms with Gasteiger partial charge < -0.3 is 25.8 Å². The number of nitrogen functional groups attached to an aromatic ring is 1. The Morgan fingerprint density at radius 2 is 2.03 bits per heavy atom. The van der Waals surface area contributed by atoms with Gasteiger partial charge in [0.25, 0.3) is 0 Å². The minimum Gasteiger partial charge on any atom is -0.474 e. The molecule has 32 heavy (non-hydrogen) atoms. The van der Waals surface area contributed by atoms with E-state index >= 15 is 4.39 Å². The number of benzene rings is 1. The maximum atomic E-state index is 16.0. The van der Waals surface area contributed by atoms with Crippen molar-refractivity contribution in [3.8, 4) is 23.1 Å². The van der Waals surface area contributed by atoms with E-state index in [1.165, 1.54) is 18.4 Å². The summed E-state index contributed by atoms with van der Waals surface area (Å²) in [7, 11) is 1.44. The summed E-state index contributed by atoms with van der Waals surface area (Å²) >= 11 is 1.34. The Balaban J connectivity index is 1.81. The van der Waals surface area contributed by atoms with Crippen molar-refractivity contribution in [1.82, 2.24) is 25.3 Å². The van der Waals surface area contributed by atoms with E-state index in [9.17, 15) is 0 Å². The minimum atomic E-state index is -0.601. The molecular weight excluding hydrogens is 433 g/mol. The van der Waals surface area contributed by atoms with Crippen LogP contribution in [0.2, 0.25) is 0 Å². The lowest BCUT2D eigenvalue weighted by Crippen LogP contribution is -2.26. The van der Waals surface area contributed by atoms with Crippen LogP contribution in [0.5, 0.6) is 11.9 Å². The van der Waals surface area contributed by atoms with Crippen molar-refractivity contribution >= 4 is 43.4 Å². The SMILES string of the molecule is COc1nc2c3c(nc(-c4cccc5sc(N)nc45)c(F)c3n1)OC(C)CCNCCN2. The summed E-state index contributed by atoms with van der Waals surface area (Å²) in [5, 5.41) is 7.35. The van der Waals surface area contributed by atoms with Gasteiger partial charge in [0.15, 0.2) is 10.9 Å². The van der Waals surface area contributed by atoms with Crippen LogP contribution in [0.15, 0.2) is 18.2 Å². The van der Waals surface area contributed by atoms with E-state index in [0.717, 1.165) is 24.2 Å². The first-order chi connectivity index (χ1) is 15.5.